The van der Waals surface area contributed by atoms with Crippen LogP contribution in [0.2, 0.25) is 0 Å². The van der Waals surface area contributed by atoms with E-state index in [-0.39, 0.29) is 10.7 Å². The number of thiophene rings is 1. The molecule has 0 fully saturated rings. The van der Waals surface area contributed by atoms with Gasteiger partial charge < -0.3 is 0 Å². The zero-order valence-electron chi connectivity index (χ0n) is 12.3. The van der Waals surface area contributed by atoms with Crippen LogP contribution in [0.25, 0.3) is 0 Å². The van der Waals surface area contributed by atoms with Gasteiger partial charge in [0.1, 0.15) is 5.82 Å². The van der Waals surface area contributed by atoms with Crippen molar-refractivity contribution in [2.45, 2.75) is 10.9 Å². The van der Waals surface area contributed by atoms with E-state index in [4.69, 9.17) is 0 Å². The van der Waals surface area contributed by atoms with E-state index in [1.807, 2.05) is 17.5 Å². The van der Waals surface area contributed by atoms with Crippen LogP contribution in [-0.2, 0) is 10.0 Å². The molecule has 0 aliphatic heterocycles. The molecule has 0 saturated carbocycles. The second-order valence-electron chi connectivity index (χ2n) is 5.05. The molecule has 3 aromatic rings. The van der Waals surface area contributed by atoms with Crippen LogP contribution in [0.15, 0.2) is 75.4 Å². The smallest absolute Gasteiger partial charge is 0.207 e. The number of sulfonamides is 1. The van der Waals surface area contributed by atoms with Crippen LogP contribution in [-0.4, -0.2) is 8.42 Å². The van der Waals surface area contributed by atoms with E-state index in [1.54, 1.807) is 30.3 Å². The minimum absolute atomic E-state index is 0.161. The van der Waals surface area contributed by atoms with Gasteiger partial charge in [0.05, 0.1) is 10.9 Å². The van der Waals surface area contributed by atoms with Crippen LogP contribution in [0.1, 0.15) is 16.5 Å². The molecule has 124 valence electrons. The summed E-state index contributed by atoms with van der Waals surface area (Å²) in [5, 5.41) is 1.87. The Hall–Kier alpha value is -1.54. The number of hydrogen-bond acceptors (Lipinski definition) is 3. The molecule has 2 aromatic carbocycles. The summed E-state index contributed by atoms with van der Waals surface area (Å²) in [7, 11) is -3.76. The third-order valence-electron chi connectivity index (χ3n) is 3.43. The lowest BCUT2D eigenvalue weighted by atomic mass is 10.1. The van der Waals surface area contributed by atoms with Crippen LogP contribution < -0.4 is 4.72 Å². The molecule has 0 radical (unpaired) electrons. The third kappa shape index (κ3) is 3.75. The van der Waals surface area contributed by atoms with Crippen LogP contribution in [0.5, 0.6) is 0 Å². The molecule has 0 aliphatic rings. The lowest BCUT2D eigenvalue weighted by molar-refractivity contribution is 0.572. The molecule has 1 heterocycles. The average molecular weight is 426 g/mol. The molecule has 24 heavy (non-hydrogen) atoms. The van der Waals surface area contributed by atoms with E-state index in [2.05, 4.69) is 20.7 Å². The van der Waals surface area contributed by atoms with Crippen molar-refractivity contribution in [2.24, 2.45) is 0 Å². The Morgan fingerprint density at radius 1 is 1.00 bits per heavy atom. The summed E-state index contributed by atoms with van der Waals surface area (Å²) in [6.07, 6.45) is 0. The minimum atomic E-state index is -3.76. The predicted molar refractivity (Wildman–Crippen MR) is 97.0 cm³/mol. The van der Waals surface area contributed by atoms with Gasteiger partial charge in [0.2, 0.25) is 10.0 Å². The first-order chi connectivity index (χ1) is 11.5. The summed E-state index contributed by atoms with van der Waals surface area (Å²) in [6, 6.07) is 15.6. The second kappa shape index (κ2) is 7.14. The Morgan fingerprint density at radius 3 is 2.33 bits per heavy atom. The highest BCUT2D eigenvalue weighted by Gasteiger charge is 2.25. The summed E-state index contributed by atoms with van der Waals surface area (Å²) in [4.78, 5) is 0.992. The molecule has 7 heteroatoms. The van der Waals surface area contributed by atoms with E-state index < -0.39 is 16.1 Å². The average Bonchev–Trinajstić information content (AvgIpc) is 3.08. The Balaban J connectivity index is 2.01. The first kappa shape index (κ1) is 17.3. The van der Waals surface area contributed by atoms with E-state index >= 15 is 0 Å². The summed E-state index contributed by atoms with van der Waals surface area (Å²) in [5.74, 6) is -0.364. The van der Waals surface area contributed by atoms with E-state index in [0.717, 1.165) is 4.88 Å². The number of halogens is 2. The molecule has 0 amide bonds. The van der Waals surface area contributed by atoms with Crippen LogP contribution in [0.4, 0.5) is 4.39 Å². The zero-order chi connectivity index (χ0) is 17.2. The van der Waals surface area contributed by atoms with Gasteiger partial charge in [0.15, 0.2) is 0 Å². The molecule has 1 atom stereocenters. The van der Waals surface area contributed by atoms with Gasteiger partial charge >= 0.3 is 0 Å². The topological polar surface area (TPSA) is 46.2 Å². The predicted octanol–water partition coefficient (Wildman–Crippen LogP) is 4.72. The van der Waals surface area contributed by atoms with Crippen LogP contribution >= 0.6 is 27.3 Å². The van der Waals surface area contributed by atoms with Crippen molar-refractivity contribution < 1.29 is 12.8 Å². The van der Waals surface area contributed by atoms with Gasteiger partial charge in [-0.1, -0.05) is 30.3 Å². The largest absolute Gasteiger partial charge is 0.242 e. The van der Waals surface area contributed by atoms with Crippen molar-refractivity contribution in [3.63, 3.8) is 0 Å². The molecule has 1 aromatic heterocycles. The van der Waals surface area contributed by atoms with Crippen molar-refractivity contribution in [1.82, 2.24) is 4.72 Å². The molecule has 3 rings (SSSR count). The van der Waals surface area contributed by atoms with Crippen molar-refractivity contribution in [3.05, 3.63) is 86.8 Å². The fraction of sp³-hybridized carbons (Fsp3) is 0.0588. The van der Waals surface area contributed by atoms with Gasteiger partial charge in [0, 0.05) is 9.35 Å². The Kier molecular flexibility index (Phi) is 5.15. The molecule has 0 saturated heterocycles. The normalized spacial score (nSPS) is 12.9. The SMILES string of the molecule is O=S(=O)(N[C@@H](c1ccc(F)cc1)c1cccs1)c1ccccc1Br. The van der Waals surface area contributed by atoms with E-state index in [1.165, 1.54) is 29.5 Å². The first-order valence-electron chi connectivity index (χ1n) is 7.03. The maximum absolute atomic E-state index is 13.2. The highest BCUT2D eigenvalue weighted by molar-refractivity contribution is 9.10. The summed E-state index contributed by atoms with van der Waals surface area (Å²) in [5.41, 5.74) is 0.675. The molecule has 1 N–H and O–H groups in total. The lowest BCUT2D eigenvalue weighted by Gasteiger charge is -2.19. The molecular weight excluding hydrogens is 413 g/mol. The zero-order valence-corrected chi connectivity index (χ0v) is 15.5. The first-order valence-corrected chi connectivity index (χ1v) is 10.2. The Morgan fingerprint density at radius 2 is 1.71 bits per heavy atom. The number of hydrogen-bond donors (Lipinski definition) is 1. The molecular formula is C17H13BrFNO2S2. The quantitative estimate of drug-likeness (QED) is 0.642. The number of rotatable bonds is 5. The highest BCUT2D eigenvalue weighted by atomic mass is 79.9. The minimum Gasteiger partial charge on any atom is -0.207 e. The van der Waals surface area contributed by atoms with E-state index in [9.17, 15) is 12.8 Å². The van der Waals surface area contributed by atoms with Crippen molar-refractivity contribution in [2.75, 3.05) is 0 Å². The van der Waals surface area contributed by atoms with Gasteiger partial charge in [-0.05, 0) is 57.2 Å². The maximum Gasteiger partial charge on any atom is 0.242 e. The molecule has 0 unspecified atom stereocenters. The second-order valence-corrected chi connectivity index (χ2v) is 8.57. The van der Waals surface area contributed by atoms with Gasteiger partial charge in [-0.2, -0.15) is 4.72 Å². The van der Waals surface area contributed by atoms with E-state index in [0.29, 0.717) is 10.0 Å². The van der Waals surface area contributed by atoms with Gasteiger partial charge in [0.25, 0.3) is 0 Å². The molecule has 0 spiro atoms. The van der Waals surface area contributed by atoms with Crippen molar-refractivity contribution >= 4 is 37.3 Å². The summed E-state index contributed by atoms with van der Waals surface area (Å²) < 4.78 is 42.0. The Labute approximate surface area is 152 Å². The van der Waals surface area contributed by atoms with Gasteiger partial charge in [-0.25, -0.2) is 12.8 Å². The Bertz CT molecular complexity index is 925. The summed E-state index contributed by atoms with van der Waals surface area (Å²) in [6.45, 7) is 0. The highest BCUT2D eigenvalue weighted by Crippen LogP contribution is 2.29. The van der Waals surface area contributed by atoms with Gasteiger partial charge in [-0.15, -0.1) is 11.3 Å². The van der Waals surface area contributed by atoms with Crippen LogP contribution in [0.3, 0.4) is 0 Å². The lowest BCUT2D eigenvalue weighted by Crippen LogP contribution is -2.29. The molecule has 0 aliphatic carbocycles. The fourth-order valence-corrected chi connectivity index (χ4v) is 5.37. The van der Waals surface area contributed by atoms with Gasteiger partial charge in [-0.3, -0.25) is 0 Å². The number of benzene rings is 2. The third-order valence-corrected chi connectivity index (χ3v) is 6.80. The van der Waals surface area contributed by atoms with Crippen LogP contribution in [0, 0.1) is 5.82 Å². The molecule has 0 bridgehead atoms. The fourth-order valence-electron chi connectivity index (χ4n) is 2.28. The summed E-state index contributed by atoms with van der Waals surface area (Å²) >= 11 is 4.71. The van der Waals surface area contributed by atoms with Crippen molar-refractivity contribution in [3.8, 4) is 0 Å². The van der Waals surface area contributed by atoms with Crippen molar-refractivity contribution in [1.29, 1.82) is 0 Å². The number of nitrogens with one attached hydrogen (secondary N) is 1. The monoisotopic (exact) mass is 425 g/mol. The molecule has 3 nitrogen and oxygen atoms in total. The standard InChI is InChI=1S/C17H13BrFNO2S2/c18-14-4-1-2-6-16(14)24(21,22)20-17(15-5-3-11-23-15)12-7-9-13(19)10-8-12/h1-11,17,20H/t17-/m0/s1. The maximum atomic E-state index is 13.2.